The lowest BCUT2D eigenvalue weighted by molar-refractivity contribution is 0.414. The molecule has 0 bridgehead atoms. The lowest BCUT2D eigenvalue weighted by Gasteiger charge is -2.19. The van der Waals surface area contributed by atoms with E-state index in [-0.39, 0.29) is 5.25 Å². The Morgan fingerprint density at radius 1 is 0.731 bits per heavy atom. The Hall–Kier alpha value is -2.59. The SMILES string of the molecule is COc1ccc(C(c2ccc(OC)cc2)S(=O)Cc2ccccc2)cc1. The van der Waals surface area contributed by atoms with Gasteiger partial charge in [-0.25, -0.2) is 0 Å². The molecule has 1 unspecified atom stereocenters. The molecule has 0 amide bonds. The van der Waals surface area contributed by atoms with Crippen LogP contribution in [0, 0.1) is 0 Å². The lowest BCUT2D eigenvalue weighted by Crippen LogP contribution is -2.10. The first-order valence-corrected chi connectivity index (χ1v) is 9.78. The minimum atomic E-state index is -1.11. The monoisotopic (exact) mass is 366 g/mol. The van der Waals surface area contributed by atoms with Crippen LogP contribution in [-0.4, -0.2) is 18.4 Å². The minimum absolute atomic E-state index is 0.216. The van der Waals surface area contributed by atoms with Crippen LogP contribution in [0.15, 0.2) is 78.9 Å². The van der Waals surface area contributed by atoms with E-state index in [9.17, 15) is 4.21 Å². The average molecular weight is 366 g/mol. The summed E-state index contributed by atoms with van der Waals surface area (Å²) in [6.45, 7) is 0. The Balaban J connectivity index is 1.95. The topological polar surface area (TPSA) is 35.5 Å². The summed E-state index contributed by atoms with van der Waals surface area (Å²) in [5.74, 6) is 2.08. The van der Waals surface area contributed by atoms with E-state index in [1.807, 2.05) is 78.9 Å². The molecule has 4 heteroatoms. The molecule has 134 valence electrons. The molecule has 0 saturated carbocycles. The zero-order valence-corrected chi connectivity index (χ0v) is 15.7. The summed E-state index contributed by atoms with van der Waals surface area (Å²) in [7, 11) is 2.18. The number of benzene rings is 3. The van der Waals surface area contributed by atoms with Gasteiger partial charge < -0.3 is 9.47 Å². The number of hydrogen-bond donors (Lipinski definition) is 0. The van der Waals surface area contributed by atoms with Crippen molar-refractivity contribution in [1.82, 2.24) is 0 Å². The summed E-state index contributed by atoms with van der Waals surface area (Å²) in [6, 6.07) is 25.5. The van der Waals surface area contributed by atoms with Gasteiger partial charge in [0.05, 0.1) is 19.5 Å². The molecular weight excluding hydrogens is 344 g/mol. The van der Waals surface area contributed by atoms with Crippen molar-refractivity contribution in [3.05, 3.63) is 95.6 Å². The highest BCUT2D eigenvalue weighted by Crippen LogP contribution is 2.32. The highest BCUT2D eigenvalue weighted by Gasteiger charge is 2.22. The third kappa shape index (κ3) is 4.33. The van der Waals surface area contributed by atoms with E-state index in [4.69, 9.17) is 9.47 Å². The van der Waals surface area contributed by atoms with Crippen LogP contribution in [0.3, 0.4) is 0 Å². The van der Waals surface area contributed by atoms with Gasteiger partial charge in [-0.15, -0.1) is 0 Å². The fraction of sp³-hybridized carbons (Fsp3) is 0.182. The van der Waals surface area contributed by atoms with E-state index >= 15 is 0 Å². The summed E-state index contributed by atoms with van der Waals surface area (Å²) in [5.41, 5.74) is 3.08. The molecule has 0 fully saturated rings. The van der Waals surface area contributed by atoms with Crippen LogP contribution >= 0.6 is 0 Å². The standard InChI is InChI=1S/C22H22O3S/c1-24-20-12-8-18(9-13-20)22(19-10-14-21(25-2)15-11-19)26(23)16-17-6-4-3-5-7-17/h3-15,22H,16H2,1-2H3. The maximum atomic E-state index is 13.3. The number of hydrogen-bond acceptors (Lipinski definition) is 3. The van der Waals surface area contributed by atoms with E-state index in [1.54, 1.807) is 14.2 Å². The molecule has 0 saturated heterocycles. The second kappa shape index (κ2) is 8.68. The average Bonchev–Trinajstić information content (AvgIpc) is 2.70. The van der Waals surface area contributed by atoms with Crippen molar-refractivity contribution in [3.63, 3.8) is 0 Å². The summed E-state index contributed by atoms with van der Waals surface area (Å²) in [4.78, 5) is 0. The highest BCUT2D eigenvalue weighted by molar-refractivity contribution is 7.84. The van der Waals surface area contributed by atoms with E-state index in [2.05, 4.69) is 0 Å². The van der Waals surface area contributed by atoms with Gasteiger partial charge in [-0.2, -0.15) is 0 Å². The van der Waals surface area contributed by atoms with Crippen molar-refractivity contribution in [2.45, 2.75) is 11.0 Å². The van der Waals surface area contributed by atoms with Crippen LogP contribution in [0.1, 0.15) is 21.9 Å². The summed E-state index contributed by atoms with van der Waals surface area (Å²) in [5, 5.41) is -0.216. The van der Waals surface area contributed by atoms with Crippen molar-refractivity contribution in [1.29, 1.82) is 0 Å². The van der Waals surface area contributed by atoms with Gasteiger partial charge in [0.2, 0.25) is 0 Å². The van der Waals surface area contributed by atoms with Crippen molar-refractivity contribution >= 4 is 10.8 Å². The van der Waals surface area contributed by atoms with Gasteiger partial charge >= 0.3 is 0 Å². The van der Waals surface area contributed by atoms with E-state index < -0.39 is 10.8 Å². The van der Waals surface area contributed by atoms with Crippen molar-refractivity contribution < 1.29 is 13.7 Å². The molecule has 0 aliphatic heterocycles. The molecule has 3 aromatic rings. The van der Waals surface area contributed by atoms with Gasteiger partial charge in [-0.1, -0.05) is 54.6 Å². The minimum Gasteiger partial charge on any atom is -0.497 e. The Morgan fingerprint density at radius 2 is 1.19 bits per heavy atom. The van der Waals surface area contributed by atoms with Crippen molar-refractivity contribution in [3.8, 4) is 11.5 Å². The molecule has 0 N–H and O–H groups in total. The maximum Gasteiger partial charge on any atom is 0.118 e. The van der Waals surface area contributed by atoms with Crippen LogP contribution < -0.4 is 9.47 Å². The van der Waals surface area contributed by atoms with Gasteiger partial charge in [-0.3, -0.25) is 4.21 Å². The molecule has 0 heterocycles. The second-order valence-electron chi connectivity index (χ2n) is 5.94. The van der Waals surface area contributed by atoms with E-state index in [1.165, 1.54) is 0 Å². The third-order valence-electron chi connectivity index (χ3n) is 4.25. The first-order valence-electron chi connectivity index (χ1n) is 8.40. The lowest BCUT2D eigenvalue weighted by atomic mass is 10.0. The quantitative estimate of drug-likeness (QED) is 0.606. The Morgan fingerprint density at radius 3 is 1.62 bits per heavy atom. The first kappa shape index (κ1) is 18.2. The van der Waals surface area contributed by atoms with E-state index in [0.29, 0.717) is 5.75 Å². The zero-order valence-electron chi connectivity index (χ0n) is 14.9. The normalized spacial score (nSPS) is 12.0. The smallest absolute Gasteiger partial charge is 0.118 e. The molecule has 0 spiro atoms. The van der Waals surface area contributed by atoms with Crippen LogP contribution in [0.2, 0.25) is 0 Å². The predicted octanol–water partition coefficient (Wildman–Crippen LogP) is 4.74. The molecular formula is C22H22O3S. The van der Waals surface area contributed by atoms with Gasteiger partial charge in [0, 0.05) is 16.6 Å². The van der Waals surface area contributed by atoms with Gasteiger partial charge in [-0.05, 0) is 41.0 Å². The predicted molar refractivity (Wildman–Crippen MR) is 106 cm³/mol. The van der Waals surface area contributed by atoms with Crippen LogP contribution in [0.25, 0.3) is 0 Å². The van der Waals surface area contributed by atoms with E-state index in [0.717, 1.165) is 28.2 Å². The summed E-state index contributed by atoms with van der Waals surface area (Å²) >= 11 is 0. The maximum absolute atomic E-state index is 13.3. The fourth-order valence-corrected chi connectivity index (χ4v) is 4.48. The first-order chi connectivity index (χ1) is 12.7. The molecule has 0 aliphatic rings. The summed E-state index contributed by atoms with van der Waals surface area (Å²) < 4.78 is 23.8. The Labute approximate surface area is 157 Å². The third-order valence-corrected chi connectivity index (χ3v) is 5.94. The number of ether oxygens (including phenoxy) is 2. The summed E-state index contributed by atoms with van der Waals surface area (Å²) in [6.07, 6.45) is 0. The van der Waals surface area contributed by atoms with Crippen molar-refractivity contribution in [2.75, 3.05) is 14.2 Å². The Kier molecular flexibility index (Phi) is 6.08. The molecule has 0 aliphatic carbocycles. The molecule has 1 atom stereocenters. The zero-order chi connectivity index (χ0) is 18.4. The van der Waals surface area contributed by atoms with Crippen LogP contribution in [0.5, 0.6) is 11.5 Å². The molecule has 3 rings (SSSR count). The molecule has 0 aromatic heterocycles. The van der Waals surface area contributed by atoms with Gasteiger partial charge in [0.1, 0.15) is 11.5 Å². The van der Waals surface area contributed by atoms with Crippen molar-refractivity contribution in [2.24, 2.45) is 0 Å². The van der Waals surface area contributed by atoms with Crippen LogP contribution in [-0.2, 0) is 16.6 Å². The van der Waals surface area contributed by atoms with Gasteiger partial charge in [0.25, 0.3) is 0 Å². The highest BCUT2D eigenvalue weighted by atomic mass is 32.2. The Bertz CT molecular complexity index is 795. The molecule has 26 heavy (non-hydrogen) atoms. The van der Waals surface area contributed by atoms with Gasteiger partial charge in [0.15, 0.2) is 0 Å². The second-order valence-corrected chi connectivity index (χ2v) is 7.46. The number of rotatable bonds is 7. The largest absolute Gasteiger partial charge is 0.497 e. The molecule has 3 nitrogen and oxygen atoms in total. The van der Waals surface area contributed by atoms with Crippen LogP contribution in [0.4, 0.5) is 0 Å². The molecule has 3 aromatic carbocycles. The fourth-order valence-electron chi connectivity index (χ4n) is 2.88. The number of methoxy groups -OCH3 is 2. The molecule has 0 radical (unpaired) electrons.